The highest BCUT2D eigenvalue weighted by molar-refractivity contribution is 6.31. The fourth-order valence-electron chi connectivity index (χ4n) is 1.70. The third kappa shape index (κ3) is 1.91. The van der Waals surface area contributed by atoms with Crippen LogP contribution in [0.25, 0.3) is 0 Å². The highest BCUT2D eigenvalue weighted by Gasteiger charge is 2.36. The molecule has 1 saturated heterocycles. The van der Waals surface area contributed by atoms with Crippen LogP contribution in [0.5, 0.6) is 0 Å². The molecule has 1 nitrogen and oxygen atoms in total. The van der Waals surface area contributed by atoms with Crippen LogP contribution in [0.1, 0.15) is 11.1 Å². The fourth-order valence-corrected chi connectivity index (χ4v) is 1.82. The van der Waals surface area contributed by atoms with Crippen molar-refractivity contribution < 1.29 is 4.39 Å². The molecule has 0 spiro atoms. The molecule has 2 rings (SSSR count). The summed E-state index contributed by atoms with van der Waals surface area (Å²) < 4.78 is 13.7. The van der Waals surface area contributed by atoms with E-state index in [9.17, 15) is 4.39 Å². The minimum atomic E-state index is -1.04. The molecular weight excluding hydrogens is 201 g/mol. The Hall–Kier alpha value is -0.600. The lowest BCUT2D eigenvalue weighted by Gasteiger charge is -2.35. The summed E-state index contributed by atoms with van der Waals surface area (Å²) in [5, 5.41) is 3.69. The van der Waals surface area contributed by atoms with Crippen molar-refractivity contribution in [1.82, 2.24) is 5.32 Å². The van der Waals surface area contributed by atoms with E-state index in [1.54, 1.807) is 0 Å². The number of benzene rings is 1. The lowest BCUT2D eigenvalue weighted by atomic mass is 9.90. The molecule has 0 atom stereocenters. The van der Waals surface area contributed by atoms with Gasteiger partial charge in [-0.15, -0.1) is 0 Å². The van der Waals surface area contributed by atoms with E-state index in [1.165, 1.54) is 0 Å². The standard InChI is InChI=1S/C11H13ClFN/c1-8-4-9(2-3-10(8)12)5-11(13)6-14-7-11/h2-4,14H,5-7H2,1H3. The second-order valence-electron chi connectivity index (χ2n) is 4.01. The number of alkyl halides is 1. The van der Waals surface area contributed by atoms with Gasteiger partial charge in [-0.3, -0.25) is 0 Å². The van der Waals surface area contributed by atoms with Crippen LogP contribution in [0, 0.1) is 6.92 Å². The summed E-state index contributed by atoms with van der Waals surface area (Å²) in [5.41, 5.74) is 0.997. The minimum absolute atomic E-state index is 0.467. The second-order valence-corrected chi connectivity index (χ2v) is 4.42. The van der Waals surface area contributed by atoms with E-state index in [0.29, 0.717) is 19.5 Å². The summed E-state index contributed by atoms with van der Waals surface area (Å²) in [5.74, 6) is 0. The van der Waals surface area contributed by atoms with Gasteiger partial charge in [0.15, 0.2) is 0 Å². The van der Waals surface area contributed by atoms with Crippen LogP contribution >= 0.6 is 11.6 Å². The Morgan fingerprint density at radius 3 is 2.71 bits per heavy atom. The summed E-state index contributed by atoms with van der Waals surface area (Å²) in [4.78, 5) is 0. The summed E-state index contributed by atoms with van der Waals surface area (Å²) >= 11 is 5.89. The Bertz CT molecular complexity index is 347. The zero-order chi connectivity index (χ0) is 10.2. The normalized spacial score (nSPS) is 19.1. The number of hydrogen-bond donors (Lipinski definition) is 1. The molecule has 1 N–H and O–H groups in total. The Balaban J connectivity index is 2.13. The molecule has 1 aliphatic heterocycles. The van der Waals surface area contributed by atoms with Gasteiger partial charge in [0, 0.05) is 24.5 Å². The molecule has 0 aromatic heterocycles. The van der Waals surface area contributed by atoms with Gasteiger partial charge in [0.05, 0.1) is 0 Å². The predicted octanol–water partition coefficient (Wildman–Crippen LogP) is 2.50. The van der Waals surface area contributed by atoms with Crippen molar-refractivity contribution in [3.05, 3.63) is 34.3 Å². The van der Waals surface area contributed by atoms with Crippen LogP contribution in [0.2, 0.25) is 5.02 Å². The molecule has 0 radical (unpaired) electrons. The third-order valence-corrected chi connectivity index (χ3v) is 3.05. The van der Waals surface area contributed by atoms with Gasteiger partial charge >= 0.3 is 0 Å². The van der Waals surface area contributed by atoms with E-state index >= 15 is 0 Å². The molecule has 1 aromatic carbocycles. The number of hydrogen-bond acceptors (Lipinski definition) is 1. The van der Waals surface area contributed by atoms with E-state index in [4.69, 9.17) is 11.6 Å². The maximum absolute atomic E-state index is 13.7. The zero-order valence-electron chi connectivity index (χ0n) is 8.11. The minimum Gasteiger partial charge on any atom is -0.310 e. The van der Waals surface area contributed by atoms with Crippen molar-refractivity contribution in [3.63, 3.8) is 0 Å². The number of nitrogens with one attached hydrogen (secondary N) is 1. The zero-order valence-corrected chi connectivity index (χ0v) is 8.87. The maximum Gasteiger partial charge on any atom is 0.139 e. The van der Waals surface area contributed by atoms with E-state index in [2.05, 4.69) is 5.32 Å². The van der Waals surface area contributed by atoms with Crippen molar-refractivity contribution in [1.29, 1.82) is 0 Å². The molecule has 0 amide bonds. The molecule has 0 aliphatic carbocycles. The van der Waals surface area contributed by atoms with Gasteiger partial charge in [-0.1, -0.05) is 23.7 Å². The van der Waals surface area contributed by atoms with Crippen LogP contribution < -0.4 is 5.32 Å². The highest BCUT2D eigenvalue weighted by atomic mass is 35.5. The molecule has 1 fully saturated rings. The molecule has 1 heterocycles. The van der Waals surface area contributed by atoms with Crippen LogP contribution in [0.3, 0.4) is 0 Å². The van der Waals surface area contributed by atoms with Gasteiger partial charge < -0.3 is 5.32 Å². The van der Waals surface area contributed by atoms with E-state index < -0.39 is 5.67 Å². The Labute approximate surface area is 88.3 Å². The number of halogens is 2. The third-order valence-electron chi connectivity index (χ3n) is 2.63. The lowest BCUT2D eigenvalue weighted by molar-refractivity contribution is 0.0912. The van der Waals surface area contributed by atoms with Gasteiger partial charge in [-0.25, -0.2) is 4.39 Å². The molecule has 76 valence electrons. The molecular formula is C11H13ClFN. The van der Waals surface area contributed by atoms with Gasteiger partial charge in [0.1, 0.15) is 5.67 Å². The van der Waals surface area contributed by atoms with Gasteiger partial charge in [0.25, 0.3) is 0 Å². The molecule has 0 unspecified atom stereocenters. The highest BCUT2D eigenvalue weighted by Crippen LogP contribution is 2.24. The number of aryl methyl sites for hydroxylation is 1. The fraction of sp³-hybridized carbons (Fsp3) is 0.455. The van der Waals surface area contributed by atoms with Crippen LogP contribution in [-0.2, 0) is 6.42 Å². The molecule has 1 aromatic rings. The van der Waals surface area contributed by atoms with Crippen molar-refractivity contribution in [3.8, 4) is 0 Å². The largest absolute Gasteiger partial charge is 0.310 e. The Morgan fingerprint density at radius 1 is 1.50 bits per heavy atom. The van der Waals surface area contributed by atoms with Gasteiger partial charge in [-0.05, 0) is 24.1 Å². The van der Waals surface area contributed by atoms with Crippen molar-refractivity contribution in [2.45, 2.75) is 19.0 Å². The van der Waals surface area contributed by atoms with Crippen LogP contribution in [-0.4, -0.2) is 18.8 Å². The monoisotopic (exact) mass is 213 g/mol. The molecule has 0 saturated carbocycles. The summed E-state index contributed by atoms with van der Waals surface area (Å²) in [6, 6.07) is 5.69. The van der Waals surface area contributed by atoms with E-state index in [0.717, 1.165) is 16.1 Å². The quantitative estimate of drug-likeness (QED) is 0.796. The SMILES string of the molecule is Cc1cc(CC2(F)CNC2)ccc1Cl. The second kappa shape index (κ2) is 3.52. The Morgan fingerprint density at radius 2 is 2.21 bits per heavy atom. The average molecular weight is 214 g/mol. The van der Waals surface area contributed by atoms with Crippen molar-refractivity contribution >= 4 is 11.6 Å². The lowest BCUT2D eigenvalue weighted by Crippen LogP contribution is -2.57. The average Bonchev–Trinajstić information content (AvgIpc) is 2.09. The molecule has 1 aliphatic rings. The first kappa shape index (κ1) is 9.94. The van der Waals surface area contributed by atoms with Gasteiger partial charge in [-0.2, -0.15) is 0 Å². The molecule has 3 heteroatoms. The van der Waals surface area contributed by atoms with Gasteiger partial charge in [0.2, 0.25) is 0 Å². The first-order valence-corrected chi connectivity index (χ1v) is 5.12. The smallest absolute Gasteiger partial charge is 0.139 e. The first-order valence-electron chi connectivity index (χ1n) is 4.74. The number of rotatable bonds is 2. The summed E-state index contributed by atoms with van der Waals surface area (Å²) in [7, 11) is 0. The Kier molecular flexibility index (Phi) is 2.50. The van der Waals surface area contributed by atoms with E-state index in [-0.39, 0.29) is 0 Å². The van der Waals surface area contributed by atoms with Crippen molar-refractivity contribution in [2.75, 3.05) is 13.1 Å². The molecule has 0 bridgehead atoms. The summed E-state index contributed by atoms with van der Waals surface area (Å²) in [6.07, 6.45) is 0.484. The maximum atomic E-state index is 13.7. The first-order chi connectivity index (χ1) is 6.59. The molecule has 14 heavy (non-hydrogen) atoms. The predicted molar refractivity (Wildman–Crippen MR) is 56.6 cm³/mol. The summed E-state index contributed by atoms with van der Waals surface area (Å²) in [6.45, 7) is 2.87. The van der Waals surface area contributed by atoms with E-state index in [1.807, 2.05) is 25.1 Å². The van der Waals surface area contributed by atoms with Crippen LogP contribution in [0.4, 0.5) is 4.39 Å². The van der Waals surface area contributed by atoms with Crippen molar-refractivity contribution in [2.24, 2.45) is 0 Å². The topological polar surface area (TPSA) is 12.0 Å². The van der Waals surface area contributed by atoms with Crippen LogP contribution in [0.15, 0.2) is 18.2 Å².